The Kier molecular flexibility index (Phi) is 5.95. The molecule has 0 aliphatic heterocycles. The van der Waals surface area contributed by atoms with Crippen LogP contribution in [-0.4, -0.2) is 19.1 Å². The standard InChI is InChI=1S/C15H23FN2O2/c1-3-7-15(10-17,14(19)20-4-2)9-11-5-6-13(18)12(16)8-11/h5-6,8H,3-4,7,9-10,17-18H2,1-2H3. The summed E-state index contributed by atoms with van der Waals surface area (Å²) in [6, 6.07) is 4.58. The summed E-state index contributed by atoms with van der Waals surface area (Å²) in [7, 11) is 0. The number of nitrogens with two attached hydrogens (primary N) is 2. The smallest absolute Gasteiger partial charge is 0.313 e. The topological polar surface area (TPSA) is 78.3 Å². The summed E-state index contributed by atoms with van der Waals surface area (Å²) in [4.78, 5) is 12.2. The Morgan fingerprint density at radius 1 is 1.40 bits per heavy atom. The molecular formula is C15H23FN2O2. The second-order valence-electron chi connectivity index (χ2n) is 4.99. The van der Waals surface area contributed by atoms with E-state index in [9.17, 15) is 9.18 Å². The minimum atomic E-state index is -0.798. The molecule has 4 nitrogen and oxygen atoms in total. The molecule has 0 saturated carbocycles. The Bertz CT molecular complexity index is 465. The van der Waals surface area contributed by atoms with Gasteiger partial charge in [0, 0.05) is 6.54 Å². The molecule has 0 radical (unpaired) electrons. The van der Waals surface area contributed by atoms with Crippen LogP contribution in [-0.2, 0) is 16.0 Å². The highest BCUT2D eigenvalue weighted by molar-refractivity contribution is 5.77. The van der Waals surface area contributed by atoms with Crippen LogP contribution in [0.5, 0.6) is 0 Å². The molecule has 1 rings (SSSR count). The number of halogens is 1. The van der Waals surface area contributed by atoms with E-state index in [2.05, 4.69) is 0 Å². The Morgan fingerprint density at radius 2 is 2.10 bits per heavy atom. The fourth-order valence-electron chi connectivity index (χ4n) is 2.35. The van der Waals surface area contributed by atoms with Crippen LogP contribution in [0.25, 0.3) is 0 Å². The van der Waals surface area contributed by atoms with E-state index in [1.54, 1.807) is 13.0 Å². The van der Waals surface area contributed by atoms with Crippen LogP contribution < -0.4 is 11.5 Å². The average Bonchev–Trinajstić information content (AvgIpc) is 2.42. The summed E-state index contributed by atoms with van der Waals surface area (Å²) >= 11 is 0. The minimum absolute atomic E-state index is 0.0960. The zero-order chi connectivity index (χ0) is 15.2. The molecule has 1 unspecified atom stereocenters. The van der Waals surface area contributed by atoms with Gasteiger partial charge in [-0.1, -0.05) is 19.4 Å². The van der Waals surface area contributed by atoms with Crippen molar-refractivity contribution in [2.75, 3.05) is 18.9 Å². The van der Waals surface area contributed by atoms with Crippen molar-refractivity contribution in [1.29, 1.82) is 0 Å². The molecule has 1 aromatic carbocycles. The Hall–Kier alpha value is -1.62. The van der Waals surface area contributed by atoms with Crippen molar-refractivity contribution in [3.63, 3.8) is 0 Å². The highest BCUT2D eigenvalue weighted by Gasteiger charge is 2.38. The summed E-state index contributed by atoms with van der Waals surface area (Å²) in [5.41, 5.74) is 11.3. The van der Waals surface area contributed by atoms with Gasteiger partial charge in [-0.05, 0) is 37.5 Å². The molecule has 0 aromatic heterocycles. The van der Waals surface area contributed by atoms with E-state index < -0.39 is 11.2 Å². The molecule has 0 heterocycles. The van der Waals surface area contributed by atoms with Crippen LogP contribution in [0.2, 0.25) is 0 Å². The van der Waals surface area contributed by atoms with E-state index in [1.165, 1.54) is 12.1 Å². The van der Waals surface area contributed by atoms with E-state index in [4.69, 9.17) is 16.2 Å². The Balaban J connectivity index is 3.04. The lowest BCUT2D eigenvalue weighted by molar-refractivity contribution is -0.155. The maximum atomic E-state index is 13.5. The lowest BCUT2D eigenvalue weighted by Gasteiger charge is -2.30. The van der Waals surface area contributed by atoms with E-state index >= 15 is 0 Å². The lowest BCUT2D eigenvalue weighted by Crippen LogP contribution is -2.42. The molecule has 0 aliphatic rings. The molecular weight excluding hydrogens is 259 g/mol. The third kappa shape index (κ3) is 3.70. The van der Waals surface area contributed by atoms with Gasteiger partial charge in [0.25, 0.3) is 0 Å². The Morgan fingerprint density at radius 3 is 2.60 bits per heavy atom. The van der Waals surface area contributed by atoms with E-state index in [0.717, 1.165) is 6.42 Å². The van der Waals surface area contributed by atoms with E-state index in [1.807, 2.05) is 6.92 Å². The average molecular weight is 282 g/mol. The number of hydrogen-bond donors (Lipinski definition) is 2. The summed E-state index contributed by atoms with van der Waals surface area (Å²) in [5, 5.41) is 0. The van der Waals surface area contributed by atoms with Gasteiger partial charge in [0.2, 0.25) is 0 Å². The van der Waals surface area contributed by atoms with Gasteiger partial charge in [0.15, 0.2) is 0 Å². The molecule has 5 heteroatoms. The molecule has 4 N–H and O–H groups in total. The highest BCUT2D eigenvalue weighted by atomic mass is 19.1. The lowest BCUT2D eigenvalue weighted by atomic mass is 9.77. The fourth-order valence-corrected chi connectivity index (χ4v) is 2.35. The Labute approximate surface area is 119 Å². The molecule has 112 valence electrons. The fraction of sp³-hybridized carbons (Fsp3) is 0.533. The highest BCUT2D eigenvalue weighted by Crippen LogP contribution is 2.30. The number of hydrogen-bond acceptors (Lipinski definition) is 4. The zero-order valence-corrected chi connectivity index (χ0v) is 12.1. The van der Waals surface area contributed by atoms with Crippen LogP contribution in [0.1, 0.15) is 32.3 Å². The van der Waals surface area contributed by atoms with Crippen LogP contribution in [0, 0.1) is 11.2 Å². The molecule has 0 amide bonds. The largest absolute Gasteiger partial charge is 0.466 e. The summed E-state index contributed by atoms with van der Waals surface area (Å²) in [6.45, 7) is 4.22. The van der Waals surface area contributed by atoms with Crippen molar-refractivity contribution < 1.29 is 13.9 Å². The third-order valence-corrected chi connectivity index (χ3v) is 3.44. The first-order chi connectivity index (χ1) is 9.49. The number of ether oxygens (including phenoxy) is 1. The van der Waals surface area contributed by atoms with Crippen molar-refractivity contribution >= 4 is 11.7 Å². The van der Waals surface area contributed by atoms with Gasteiger partial charge in [-0.15, -0.1) is 0 Å². The molecule has 1 aromatic rings. The van der Waals surface area contributed by atoms with Gasteiger partial charge in [-0.3, -0.25) is 4.79 Å². The molecule has 0 fully saturated rings. The normalized spacial score (nSPS) is 13.8. The van der Waals surface area contributed by atoms with Crippen molar-refractivity contribution in [3.8, 4) is 0 Å². The van der Waals surface area contributed by atoms with Crippen LogP contribution in [0.4, 0.5) is 10.1 Å². The molecule has 0 bridgehead atoms. The quantitative estimate of drug-likeness (QED) is 0.594. The number of benzene rings is 1. The second-order valence-corrected chi connectivity index (χ2v) is 4.99. The van der Waals surface area contributed by atoms with Crippen molar-refractivity contribution in [2.45, 2.75) is 33.1 Å². The van der Waals surface area contributed by atoms with E-state index in [0.29, 0.717) is 25.0 Å². The predicted molar refractivity (Wildman–Crippen MR) is 77.5 cm³/mol. The molecule has 0 saturated heterocycles. The van der Waals surface area contributed by atoms with Gasteiger partial charge >= 0.3 is 5.97 Å². The maximum absolute atomic E-state index is 13.5. The third-order valence-electron chi connectivity index (χ3n) is 3.44. The van der Waals surface area contributed by atoms with Gasteiger partial charge in [-0.25, -0.2) is 4.39 Å². The summed E-state index contributed by atoms with van der Waals surface area (Å²) < 4.78 is 18.7. The number of esters is 1. The van der Waals surface area contributed by atoms with Crippen molar-refractivity contribution in [3.05, 3.63) is 29.6 Å². The summed E-state index contributed by atoms with van der Waals surface area (Å²) in [6.07, 6.45) is 1.76. The molecule has 0 spiro atoms. The molecule has 1 atom stereocenters. The number of rotatable bonds is 7. The molecule has 20 heavy (non-hydrogen) atoms. The van der Waals surface area contributed by atoms with Gasteiger partial charge in [-0.2, -0.15) is 0 Å². The van der Waals surface area contributed by atoms with Crippen LogP contribution in [0.3, 0.4) is 0 Å². The zero-order valence-electron chi connectivity index (χ0n) is 12.1. The monoisotopic (exact) mass is 282 g/mol. The number of nitrogen functional groups attached to an aromatic ring is 1. The number of anilines is 1. The number of carbonyl (C=O) groups excluding carboxylic acids is 1. The summed E-state index contributed by atoms with van der Waals surface area (Å²) in [5.74, 6) is -0.796. The minimum Gasteiger partial charge on any atom is -0.466 e. The second kappa shape index (κ2) is 7.24. The first kappa shape index (κ1) is 16.4. The maximum Gasteiger partial charge on any atom is 0.313 e. The first-order valence-electron chi connectivity index (χ1n) is 6.90. The van der Waals surface area contributed by atoms with E-state index in [-0.39, 0.29) is 18.2 Å². The van der Waals surface area contributed by atoms with Crippen molar-refractivity contribution in [1.82, 2.24) is 0 Å². The number of carbonyl (C=O) groups is 1. The van der Waals surface area contributed by atoms with Gasteiger partial charge in [0.1, 0.15) is 5.82 Å². The first-order valence-corrected chi connectivity index (χ1v) is 6.90. The van der Waals surface area contributed by atoms with Gasteiger partial charge in [0.05, 0.1) is 17.7 Å². The predicted octanol–water partition coefficient (Wildman–Crippen LogP) is 2.26. The van der Waals surface area contributed by atoms with Crippen molar-refractivity contribution in [2.24, 2.45) is 11.1 Å². The SMILES string of the molecule is CCCC(CN)(Cc1ccc(N)c(F)c1)C(=O)OCC. The van der Waals surface area contributed by atoms with Gasteiger partial charge < -0.3 is 16.2 Å². The van der Waals surface area contributed by atoms with Crippen LogP contribution >= 0.6 is 0 Å². The van der Waals surface area contributed by atoms with Crippen LogP contribution in [0.15, 0.2) is 18.2 Å². The molecule has 0 aliphatic carbocycles.